The highest BCUT2D eigenvalue weighted by Crippen LogP contribution is 2.28. The van der Waals surface area contributed by atoms with Crippen molar-refractivity contribution in [3.05, 3.63) is 12.5 Å². The van der Waals surface area contributed by atoms with Gasteiger partial charge in [0, 0.05) is 39.8 Å². The maximum atomic E-state index is 12.7. The summed E-state index contributed by atoms with van der Waals surface area (Å²) >= 11 is 0. The number of aryl methyl sites for hydroxylation is 1. The molecular formula is C18H28N8O. The number of hydrogen-bond donors (Lipinski definition) is 1. The van der Waals surface area contributed by atoms with Crippen molar-refractivity contribution in [2.45, 2.75) is 13.3 Å². The van der Waals surface area contributed by atoms with E-state index in [4.69, 9.17) is 5.73 Å². The van der Waals surface area contributed by atoms with Gasteiger partial charge in [-0.05, 0) is 24.9 Å². The minimum absolute atomic E-state index is 0.154. The molecule has 2 fully saturated rings. The second-order valence-corrected chi connectivity index (χ2v) is 8.05. The van der Waals surface area contributed by atoms with Crippen LogP contribution in [-0.4, -0.2) is 87.8 Å². The predicted molar refractivity (Wildman–Crippen MR) is 103 cm³/mol. The Labute approximate surface area is 159 Å². The highest BCUT2D eigenvalue weighted by atomic mass is 16.2. The topological polar surface area (TPSA) is 96.4 Å². The molecule has 0 bridgehead atoms. The normalized spacial score (nSPS) is 24.1. The minimum Gasteiger partial charge on any atom is -0.352 e. The molecule has 2 saturated heterocycles. The lowest BCUT2D eigenvalue weighted by molar-refractivity contribution is -0.132. The van der Waals surface area contributed by atoms with Crippen LogP contribution in [0.5, 0.6) is 0 Å². The Morgan fingerprint density at radius 1 is 1.22 bits per heavy atom. The molecule has 1 amide bonds. The molecule has 2 aliphatic heterocycles. The fourth-order valence-electron chi connectivity index (χ4n) is 4.09. The summed E-state index contributed by atoms with van der Waals surface area (Å²) in [7, 11) is 1.88. The van der Waals surface area contributed by atoms with Crippen molar-refractivity contribution < 1.29 is 4.79 Å². The first-order valence-electron chi connectivity index (χ1n) is 9.57. The lowest BCUT2D eigenvalue weighted by atomic mass is 9.90. The molecule has 27 heavy (non-hydrogen) atoms. The van der Waals surface area contributed by atoms with Gasteiger partial charge in [-0.15, -0.1) is 0 Å². The van der Waals surface area contributed by atoms with Crippen molar-refractivity contribution >= 4 is 22.8 Å². The molecular weight excluding hydrogens is 344 g/mol. The average Bonchev–Trinajstić information content (AvgIpc) is 3.25. The number of amides is 1. The maximum Gasteiger partial charge on any atom is 0.236 e. The number of anilines is 1. The molecule has 2 aromatic heterocycles. The monoisotopic (exact) mass is 372 g/mol. The molecule has 0 aliphatic carbocycles. The quantitative estimate of drug-likeness (QED) is 0.786. The number of likely N-dealkylation sites (tertiary alicyclic amines) is 1. The molecule has 0 spiro atoms. The van der Waals surface area contributed by atoms with E-state index < -0.39 is 0 Å². The molecule has 9 nitrogen and oxygen atoms in total. The predicted octanol–water partition coefficient (Wildman–Crippen LogP) is -0.317. The number of piperazine rings is 1. The highest BCUT2D eigenvalue weighted by Gasteiger charge is 2.34. The van der Waals surface area contributed by atoms with Crippen molar-refractivity contribution in [3.8, 4) is 0 Å². The summed E-state index contributed by atoms with van der Waals surface area (Å²) in [5.41, 5.74) is 6.85. The van der Waals surface area contributed by atoms with Crippen molar-refractivity contribution in [1.82, 2.24) is 29.5 Å². The molecule has 0 saturated carbocycles. The van der Waals surface area contributed by atoms with Gasteiger partial charge in [-0.3, -0.25) is 14.4 Å². The first-order valence-corrected chi connectivity index (χ1v) is 9.57. The van der Waals surface area contributed by atoms with Crippen LogP contribution in [-0.2, 0) is 11.8 Å². The van der Waals surface area contributed by atoms with E-state index in [2.05, 4.69) is 31.8 Å². The van der Waals surface area contributed by atoms with Crippen LogP contribution in [0.2, 0.25) is 0 Å². The van der Waals surface area contributed by atoms with E-state index in [1.807, 2.05) is 18.1 Å². The van der Waals surface area contributed by atoms with E-state index in [9.17, 15) is 4.79 Å². The molecule has 1 atom stereocenters. The smallest absolute Gasteiger partial charge is 0.236 e. The van der Waals surface area contributed by atoms with Crippen molar-refractivity contribution in [2.24, 2.45) is 18.2 Å². The summed E-state index contributed by atoms with van der Waals surface area (Å²) in [5.74, 6) is 1.11. The summed E-state index contributed by atoms with van der Waals surface area (Å²) in [5, 5.41) is 5.24. The zero-order valence-electron chi connectivity index (χ0n) is 16.1. The van der Waals surface area contributed by atoms with Gasteiger partial charge in [0.15, 0.2) is 5.65 Å². The van der Waals surface area contributed by atoms with Gasteiger partial charge in [0.2, 0.25) is 5.91 Å². The van der Waals surface area contributed by atoms with E-state index in [0.717, 1.165) is 49.5 Å². The standard InChI is InChI=1S/C18H28N8O/c1-18(11-19)3-4-24(12-18)10-15(27)25-5-7-26(8-6-25)17-14-9-22-23(2)16(14)20-13-21-17/h9,13H,3-8,10-12,19H2,1-2H3. The molecule has 0 radical (unpaired) electrons. The Bertz CT molecular complexity index is 828. The van der Waals surface area contributed by atoms with Crippen molar-refractivity contribution in [3.63, 3.8) is 0 Å². The van der Waals surface area contributed by atoms with E-state index in [-0.39, 0.29) is 11.3 Å². The average molecular weight is 372 g/mol. The van der Waals surface area contributed by atoms with E-state index in [1.165, 1.54) is 0 Å². The molecule has 2 aliphatic rings. The number of carbonyl (C=O) groups excluding carboxylic acids is 1. The number of fused-ring (bicyclic) bond motifs is 1. The zero-order chi connectivity index (χ0) is 19.0. The summed E-state index contributed by atoms with van der Waals surface area (Å²) in [6, 6.07) is 0. The zero-order valence-corrected chi connectivity index (χ0v) is 16.1. The van der Waals surface area contributed by atoms with Gasteiger partial charge in [-0.1, -0.05) is 6.92 Å². The Balaban J connectivity index is 1.35. The lowest BCUT2D eigenvalue weighted by Gasteiger charge is -2.36. The molecule has 0 aromatic carbocycles. The molecule has 9 heteroatoms. The van der Waals surface area contributed by atoms with Crippen LogP contribution in [0.3, 0.4) is 0 Å². The first kappa shape index (κ1) is 18.1. The number of nitrogens with two attached hydrogens (primary N) is 1. The molecule has 146 valence electrons. The molecule has 2 N–H and O–H groups in total. The van der Waals surface area contributed by atoms with E-state index in [1.54, 1.807) is 11.0 Å². The fraction of sp³-hybridized carbons (Fsp3) is 0.667. The summed E-state index contributed by atoms with van der Waals surface area (Å²) in [6.45, 7) is 8.22. The number of nitrogens with zero attached hydrogens (tertiary/aromatic N) is 7. The van der Waals surface area contributed by atoms with Gasteiger partial charge in [-0.25, -0.2) is 9.97 Å². The van der Waals surface area contributed by atoms with Crippen LogP contribution < -0.4 is 10.6 Å². The third-order valence-corrected chi connectivity index (χ3v) is 5.93. The SMILES string of the molecule is Cn1ncc2c(N3CCN(C(=O)CN4CCC(C)(CN)C4)CC3)ncnc21. The van der Waals surface area contributed by atoms with E-state index in [0.29, 0.717) is 26.2 Å². The van der Waals surface area contributed by atoms with Gasteiger partial charge in [-0.2, -0.15) is 5.10 Å². The minimum atomic E-state index is 0.154. The highest BCUT2D eigenvalue weighted by molar-refractivity contribution is 5.87. The van der Waals surface area contributed by atoms with Gasteiger partial charge < -0.3 is 15.5 Å². The van der Waals surface area contributed by atoms with E-state index >= 15 is 0 Å². The third-order valence-electron chi connectivity index (χ3n) is 5.93. The van der Waals surface area contributed by atoms with Gasteiger partial charge >= 0.3 is 0 Å². The molecule has 4 heterocycles. The Kier molecular flexibility index (Phi) is 4.73. The first-order chi connectivity index (χ1) is 13.0. The molecule has 2 aromatic rings. The maximum absolute atomic E-state index is 12.7. The van der Waals surface area contributed by atoms with Crippen LogP contribution >= 0.6 is 0 Å². The Hall–Kier alpha value is -2.26. The number of aromatic nitrogens is 4. The Morgan fingerprint density at radius 2 is 2.00 bits per heavy atom. The second kappa shape index (κ2) is 7.05. The second-order valence-electron chi connectivity index (χ2n) is 8.05. The van der Waals surface area contributed by atoms with Gasteiger partial charge in [0.1, 0.15) is 12.1 Å². The van der Waals surface area contributed by atoms with Gasteiger partial charge in [0.25, 0.3) is 0 Å². The fourth-order valence-corrected chi connectivity index (χ4v) is 4.09. The lowest BCUT2D eigenvalue weighted by Crippen LogP contribution is -2.51. The molecule has 1 unspecified atom stereocenters. The number of hydrogen-bond acceptors (Lipinski definition) is 7. The van der Waals surface area contributed by atoms with Crippen LogP contribution in [0.1, 0.15) is 13.3 Å². The van der Waals surface area contributed by atoms with Crippen molar-refractivity contribution in [1.29, 1.82) is 0 Å². The molecule has 4 rings (SSSR count). The van der Waals surface area contributed by atoms with Crippen LogP contribution in [0.4, 0.5) is 5.82 Å². The van der Waals surface area contributed by atoms with Crippen molar-refractivity contribution in [2.75, 3.05) is 57.3 Å². The van der Waals surface area contributed by atoms with Crippen LogP contribution in [0.25, 0.3) is 11.0 Å². The number of rotatable bonds is 4. The Morgan fingerprint density at radius 3 is 2.70 bits per heavy atom. The summed E-state index contributed by atoms with van der Waals surface area (Å²) < 4.78 is 1.76. The van der Waals surface area contributed by atoms with Crippen LogP contribution in [0, 0.1) is 5.41 Å². The third kappa shape index (κ3) is 3.49. The summed E-state index contributed by atoms with van der Waals surface area (Å²) in [4.78, 5) is 27.9. The van der Waals surface area contributed by atoms with Gasteiger partial charge in [0.05, 0.1) is 18.1 Å². The largest absolute Gasteiger partial charge is 0.352 e. The van der Waals surface area contributed by atoms with Crippen LogP contribution in [0.15, 0.2) is 12.5 Å². The summed E-state index contributed by atoms with van der Waals surface area (Å²) in [6.07, 6.45) is 4.46. The number of carbonyl (C=O) groups is 1.